The number of benzene rings is 1. The molecule has 1 N–H and O–H groups in total. The van der Waals surface area contributed by atoms with Crippen LogP contribution >= 0.6 is 11.6 Å². The van der Waals surface area contributed by atoms with Gasteiger partial charge in [0.2, 0.25) is 0 Å². The number of halogens is 1. The Kier molecular flexibility index (Phi) is 2.88. The van der Waals surface area contributed by atoms with Crippen molar-refractivity contribution in [3.8, 4) is 0 Å². The molecule has 2 heterocycles. The second-order valence-corrected chi connectivity index (χ2v) is 5.18. The molecule has 1 aromatic heterocycles. The van der Waals surface area contributed by atoms with Gasteiger partial charge in [0.1, 0.15) is 5.15 Å². The average Bonchev–Trinajstić information content (AvgIpc) is 2.71. The van der Waals surface area contributed by atoms with Crippen LogP contribution < -0.4 is 5.32 Å². The second kappa shape index (κ2) is 4.41. The Morgan fingerprint density at radius 3 is 2.67 bits per heavy atom. The monoisotopic (exact) mass is 261 g/mol. The lowest BCUT2D eigenvalue weighted by molar-refractivity contribution is 0.508. The molecule has 0 bridgehead atoms. The fraction of sp³-hybridized carbons (Fsp3) is 0.357. The Labute approximate surface area is 112 Å². The van der Waals surface area contributed by atoms with Crippen molar-refractivity contribution in [1.29, 1.82) is 0 Å². The maximum atomic E-state index is 6.32. The van der Waals surface area contributed by atoms with Gasteiger partial charge in [0, 0.05) is 31.1 Å². The smallest absolute Gasteiger partial charge is 0.130 e. The van der Waals surface area contributed by atoms with Gasteiger partial charge in [0.25, 0.3) is 0 Å². The van der Waals surface area contributed by atoms with Crippen LogP contribution in [0, 0.1) is 0 Å². The summed E-state index contributed by atoms with van der Waals surface area (Å²) < 4.78 is 1.72. The molecule has 0 saturated heterocycles. The molecule has 2 aromatic rings. The predicted molar refractivity (Wildman–Crippen MR) is 72.9 cm³/mol. The molecule has 0 spiro atoms. The number of aromatic nitrogens is 2. The van der Waals surface area contributed by atoms with E-state index >= 15 is 0 Å². The van der Waals surface area contributed by atoms with E-state index < -0.39 is 0 Å². The van der Waals surface area contributed by atoms with Gasteiger partial charge in [-0.05, 0) is 18.1 Å². The molecule has 1 aliphatic rings. The minimum Gasteiger partial charge on any atom is -0.309 e. The van der Waals surface area contributed by atoms with Crippen LogP contribution in [0.15, 0.2) is 30.5 Å². The number of fused-ring (bicyclic) bond motifs is 1. The maximum Gasteiger partial charge on any atom is 0.130 e. The lowest BCUT2D eigenvalue weighted by Crippen LogP contribution is -2.32. The first kappa shape index (κ1) is 11.8. The van der Waals surface area contributed by atoms with E-state index in [4.69, 9.17) is 11.6 Å². The molecule has 4 heteroatoms. The quantitative estimate of drug-likeness (QED) is 0.856. The summed E-state index contributed by atoms with van der Waals surface area (Å²) in [5.41, 5.74) is 3.82. The van der Waals surface area contributed by atoms with Crippen LogP contribution in [0.25, 0.3) is 0 Å². The van der Waals surface area contributed by atoms with Gasteiger partial charge in [0.05, 0.1) is 6.20 Å². The van der Waals surface area contributed by atoms with Gasteiger partial charge in [-0.2, -0.15) is 5.10 Å². The summed E-state index contributed by atoms with van der Waals surface area (Å²) in [5, 5.41) is 8.50. The Balaban J connectivity index is 2.10. The highest BCUT2D eigenvalue weighted by Gasteiger charge is 2.27. The van der Waals surface area contributed by atoms with E-state index in [1.807, 2.05) is 13.2 Å². The van der Waals surface area contributed by atoms with Gasteiger partial charge in [0.15, 0.2) is 0 Å². The fourth-order valence-corrected chi connectivity index (χ4v) is 2.91. The van der Waals surface area contributed by atoms with Crippen LogP contribution in [0.3, 0.4) is 0 Å². The molecule has 0 radical (unpaired) electrons. The molecule has 2 unspecified atom stereocenters. The van der Waals surface area contributed by atoms with Crippen molar-refractivity contribution in [3.63, 3.8) is 0 Å². The average molecular weight is 262 g/mol. The van der Waals surface area contributed by atoms with E-state index in [-0.39, 0.29) is 0 Å². The summed E-state index contributed by atoms with van der Waals surface area (Å²) in [5.74, 6) is 0.290. The van der Waals surface area contributed by atoms with Crippen LogP contribution in [0.5, 0.6) is 0 Å². The Hall–Kier alpha value is -1.32. The molecule has 0 saturated carbocycles. The van der Waals surface area contributed by atoms with E-state index in [9.17, 15) is 0 Å². The zero-order valence-electron chi connectivity index (χ0n) is 10.5. The molecule has 1 aromatic carbocycles. The van der Waals surface area contributed by atoms with Crippen molar-refractivity contribution in [2.45, 2.75) is 18.9 Å². The van der Waals surface area contributed by atoms with Gasteiger partial charge in [-0.1, -0.05) is 35.9 Å². The molecule has 2 atom stereocenters. The summed E-state index contributed by atoms with van der Waals surface area (Å²) in [6, 6.07) is 8.95. The number of nitrogens with zero attached hydrogens (tertiary/aromatic N) is 2. The molecule has 94 valence electrons. The van der Waals surface area contributed by atoms with Gasteiger partial charge >= 0.3 is 0 Å². The number of nitrogens with one attached hydrogen (secondary N) is 1. The maximum absolute atomic E-state index is 6.32. The van der Waals surface area contributed by atoms with Gasteiger partial charge < -0.3 is 5.32 Å². The third-order valence-corrected chi connectivity index (χ3v) is 4.20. The highest BCUT2D eigenvalue weighted by Crippen LogP contribution is 2.36. The lowest BCUT2D eigenvalue weighted by atomic mass is 9.84. The Morgan fingerprint density at radius 2 is 2.00 bits per heavy atom. The van der Waals surface area contributed by atoms with Gasteiger partial charge in [-0.15, -0.1) is 0 Å². The number of aryl methyl sites for hydroxylation is 1. The Bertz CT molecular complexity index is 576. The normalized spacial score (nSPS) is 22.8. The van der Waals surface area contributed by atoms with Crippen LogP contribution in [0.4, 0.5) is 0 Å². The van der Waals surface area contributed by atoms with Crippen molar-refractivity contribution in [2.24, 2.45) is 7.05 Å². The molecular formula is C14H16ClN3. The minimum atomic E-state index is 0.290. The van der Waals surface area contributed by atoms with E-state index in [0.717, 1.165) is 17.3 Å². The zero-order valence-corrected chi connectivity index (χ0v) is 11.3. The summed E-state index contributed by atoms with van der Waals surface area (Å²) in [6.07, 6.45) is 1.88. The largest absolute Gasteiger partial charge is 0.309 e. The predicted octanol–water partition coefficient (Wildman–Crippen LogP) is 2.87. The van der Waals surface area contributed by atoms with E-state index in [0.29, 0.717) is 12.0 Å². The number of rotatable bonds is 1. The summed E-state index contributed by atoms with van der Waals surface area (Å²) >= 11 is 6.32. The van der Waals surface area contributed by atoms with Crippen LogP contribution in [0.2, 0.25) is 5.15 Å². The molecule has 3 rings (SSSR count). The van der Waals surface area contributed by atoms with E-state index in [2.05, 4.69) is 41.6 Å². The number of hydrogen-bond donors (Lipinski definition) is 1. The Morgan fingerprint density at radius 1 is 1.28 bits per heavy atom. The number of hydrogen-bond acceptors (Lipinski definition) is 2. The zero-order chi connectivity index (χ0) is 12.7. The first-order chi connectivity index (χ1) is 8.68. The summed E-state index contributed by atoms with van der Waals surface area (Å²) in [6.45, 7) is 3.10. The van der Waals surface area contributed by atoms with Crippen molar-refractivity contribution in [3.05, 3.63) is 52.3 Å². The topological polar surface area (TPSA) is 29.9 Å². The van der Waals surface area contributed by atoms with Crippen molar-refractivity contribution < 1.29 is 0 Å². The highest BCUT2D eigenvalue weighted by molar-refractivity contribution is 6.30. The molecule has 0 fully saturated rings. The molecule has 18 heavy (non-hydrogen) atoms. The molecule has 3 nitrogen and oxygen atoms in total. The minimum absolute atomic E-state index is 0.290. The van der Waals surface area contributed by atoms with E-state index in [1.165, 1.54) is 11.1 Å². The summed E-state index contributed by atoms with van der Waals surface area (Å²) in [4.78, 5) is 0. The van der Waals surface area contributed by atoms with Crippen molar-refractivity contribution in [1.82, 2.24) is 15.1 Å². The second-order valence-electron chi connectivity index (χ2n) is 4.83. The van der Waals surface area contributed by atoms with Crippen LogP contribution in [-0.4, -0.2) is 16.3 Å². The van der Waals surface area contributed by atoms with Gasteiger partial charge in [-0.3, -0.25) is 4.68 Å². The van der Waals surface area contributed by atoms with Crippen LogP contribution in [-0.2, 0) is 7.05 Å². The fourth-order valence-electron chi connectivity index (χ4n) is 2.69. The first-order valence-electron chi connectivity index (χ1n) is 6.18. The summed E-state index contributed by atoms with van der Waals surface area (Å²) in [7, 11) is 1.87. The first-order valence-corrected chi connectivity index (χ1v) is 6.56. The van der Waals surface area contributed by atoms with Gasteiger partial charge in [-0.25, -0.2) is 0 Å². The van der Waals surface area contributed by atoms with Crippen molar-refractivity contribution in [2.75, 3.05) is 6.54 Å². The third kappa shape index (κ3) is 1.74. The standard InChI is InChI=1S/C14H16ClN3/c1-9-10-5-3-4-6-11(10)12(7-16-9)13-8-17-18(2)14(13)15/h3-6,8-9,12,16H,7H2,1-2H3. The molecule has 1 aliphatic heterocycles. The SMILES string of the molecule is CC1NCC(c2cnn(C)c2Cl)c2ccccc21. The lowest BCUT2D eigenvalue weighted by Gasteiger charge is -2.30. The van der Waals surface area contributed by atoms with E-state index in [1.54, 1.807) is 4.68 Å². The molecule has 0 amide bonds. The molecule has 0 aliphatic carbocycles. The van der Waals surface area contributed by atoms with Crippen molar-refractivity contribution >= 4 is 11.6 Å². The third-order valence-electron chi connectivity index (χ3n) is 3.73. The van der Waals surface area contributed by atoms with Crippen LogP contribution in [0.1, 0.15) is 35.6 Å². The molecular weight excluding hydrogens is 246 g/mol. The highest BCUT2D eigenvalue weighted by atomic mass is 35.5.